The monoisotopic (exact) mass is 237 g/mol. The second-order valence-electron chi connectivity index (χ2n) is 3.19. The molecular formula is C9H16ClNO2S. The van der Waals surface area contributed by atoms with Crippen molar-refractivity contribution in [2.45, 2.75) is 37.1 Å². The Morgan fingerprint density at radius 3 is 3.14 bits per heavy atom. The van der Waals surface area contributed by atoms with E-state index in [4.69, 9.17) is 16.3 Å². The largest absolute Gasteiger partial charge is 0.444 e. The summed E-state index contributed by atoms with van der Waals surface area (Å²) in [6.45, 7) is 2.95. The van der Waals surface area contributed by atoms with Crippen LogP contribution >= 0.6 is 23.4 Å². The van der Waals surface area contributed by atoms with E-state index in [9.17, 15) is 4.79 Å². The Morgan fingerprint density at radius 1 is 1.79 bits per heavy atom. The number of alkyl halides is 1. The lowest BCUT2D eigenvalue weighted by atomic mass is 10.3. The Hall–Kier alpha value is 0.0700. The molecule has 0 radical (unpaired) electrons. The van der Waals surface area contributed by atoms with Gasteiger partial charge in [-0.25, -0.2) is 4.79 Å². The molecule has 0 spiro atoms. The van der Waals surface area contributed by atoms with Crippen LogP contribution in [-0.4, -0.2) is 29.2 Å². The number of ether oxygens (including phenoxy) is 1. The van der Waals surface area contributed by atoms with Crippen LogP contribution in [-0.2, 0) is 9.53 Å². The Bertz CT molecular complexity index is 186. The Morgan fingerprint density at radius 2 is 2.57 bits per heavy atom. The number of hydrogen-bond donors (Lipinski definition) is 1. The fourth-order valence-corrected chi connectivity index (χ4v) is 2.33. The van der Waals surface area contributed by atoms with Crippen LogP contribution < -0.4 is 5.32 Å². The van der Waals surface area contributed by atoms with Crippen LogP contribution in [0.15, 0.2) is 0 Å². The average Bonchev–Trinajstić information content (AvgIpc) is 2.67. The van der Waals surface area contributed by atoms with Gasteiger partial charge in [-0.15, -0.1) is 11.8 Å². The van der Waals surface area contributed by atoms with Gasteiger partial charge in [-0.1, -0.05) is 24.9 Å². The Kier molecular flexibility index (Phi) is 5.67. The average molecular weight is 238 g/mol. The molecule has 1 fully saturated rings. The summed E-state index contributed by atoms with van der Waals surface area (Å²) in [5.74, 6) is 0.727. The minimum Gasteiger partial charge on any atom is -0.444 e. The molecule has 0 aromatic carbocycles. The predicted octanol–water partition coefficient (Wildman–Crippen LogP) is 1.95. The van der Waals surface area contributed by atoms with Gasteiger partial charge in [0, 0.05) is 12.3 Å². The van der Waals surface area contributed by atoms with Crippen LogP contribution in [0.1, 0.15) is 26.2 Å². The highest BCUT2D eigenvalue weighted by Crippen LogP contribution is 2.17. The number of nitrogens with one attached hydrogen (secondary N) is 1. The number of thioether (sulfide) groups is 1. The van der Waals surface area contributed by atoms with Crippen LogP contribution in [0.4, 0.5) is 0 Å². The van der Waals surface area contributed by atoms with E-state index in [-0.39, 0.29) is 11.3 Å². The van der Waals surface area contributed by atoms with E-state index in [1.807, 2.05) is 0 Å². The van der Waals surface area contributed by atoms with Gasteiger partial charge in [0.05, 0.1) is 0 Å². The third-order valence-corrected chi connectivity index (χ3v) is 3.40. The van der Waals surface area contributed by atoms with Gasteiger partial charge in [0.2, 0.25) is 0 Å². The molecule has 0 saturated carbocycles. The normalized spacial score (nSPS) is 23.4. The van der Waals surface area contributed by atoms with E-state index in [1.165, 1.54) is 0 Å². The molecule has 1 heterocycles. The van der Waals surface area contributed by atoms with Crippen molar-refractivity contribution in [1.29, 1.82) is 0 Å². The lowest BCUT2D eigenvalue weighted by Crippen LogP contribution is -2.32. The maximum atomic E-state index is 11.4. The zero-order valence-corrected chi connectivity index (χ0v) is 9.87. The molecule has 1 saturated heterocycles. The third kappa shape index (κ3) is 4.07. The topological polar surface area (TPSA) is 38.3 Å². The first-order valence-electron chi connectivity index (χ1n) is 4.93. The van der Waals surface area contributed by atoms with Gasteiger partial charge in [0.25, 0.3) is 0 Å². The van der Waals surface area contributed by atoms with Crippen molar-refractivity contribution in [1.82, 2.24) is 5.32 Å². The van der Waals surface area contributed by atoms with E-state index in [0.717, 1.165) is 31.6 Å². The summed E-state index contributed by atoms with van der Waals surface area (Å²) in [5, 5.41) is 2.84. The number of esters is 1. The highest BCUT2D eigenvalue weighted by atomic mass is 35.5. The van der Waals surface area contributed by atoms with E-state index in [0.29, 0.717) is 0 Å². The van der Waals surface area contributed by atoms with Crippen molar-refractivity contribution in [3.05, 3.63) is 0 Å². The molecular weight excluding hydrogens is 222 g/mol. The zero-order valence-electron chi connectivity index (χ0n) is 8.29. The van der Waals surface area contributed by atoms with Crippen LogP contribution in [0.3, 0.4) is 0 Å². The molecule has 0 aromatic heterocycles. The summed E-state index contributed by atoms with van der Waals surface area (Å²) in [7, 11) is 0. The van der Waals surface area contributed by atoms with E-state index < -0.39 is 5.56 Å². The van der Waals surface area contributed by atoms with Gasteiger partial charge < -0.3 is 4.74 Å². The predicted molar refractivity (Wildman–Crippen MR) is 59.5 cm³/mol. The summed E-state index contributed by atoms with van der Waals surface area (Å²) in [6.07, 6.45) is 2.80. The minimum atomic E-state index is -0.467. The highest BCUT2D eigenvalue weighted by molar-refractivity contribution is 8.00. The molecule has 1 N–H and O–H groups in total. The van der Waals surface area contributed by atoms with Gasteiger partial charge >= 0.3 is 5.97 Å². The molecule has 1 rings (SSSR count). The van der Waals surface area contributed by atoms with Crippen molar-refractivity contribution in [3.63, 3.8) is 0 Å². The minimum absolute atomic E-state index is 0.210. The lowest BCUT2D eigenvalue weighted by Gasteiger charge is -2.13. The second-order valence-corrected chi connectivity index (χ2v) is 4.89. The molecule has 2 atom stereocenters. The lowest BCUT2D eigenvalue weighted by molar-refractivity contribution is -0.145. The van der Waals surface area contributed by atoms with Crippen molar-refractivity contribution in [2.75, 3.05) is 12.3 Å². The van der Waals surface area contributed by atoms with Gasteiger partial charge in [-0.3, -0.25) is 5.32 Å². The number of hydrogen-bond acceptors (Lipinski definition) is 4. The molecule has 0 aromatic rings. The smallest absolute Gasteiger partial charge is 0.335 e. The third-order valence-electron chi connectivity index (χ3n) is 1.96. The number of carbonyl (C=O) groups excluding carboxylic acids is 1. The highest BCUT2D eigenvalue weighted by Gasteiger charge is 2.25. The molecule has 5 heteroatoms. The number of halogens is 1. The molecule has 82 valence electrons. The fourth-order valence-electron chi connectivity index (χ4n) is 1.19. The molecule has 1 aliphatic heterocycles. The van der Waals surface area contributed by atoms with Crippen LogP contribution in [0.25, 0.3) is 0 Å². The number of rotatable bonds is 5. The van der Waals surface area contributed by atoms with Crippen molar-refractivity contribution in [2.24, 2.45) is 0 Å². The van der Waals surface area contributed by atoms with Gasteiger partial charge in [0.1, 0.15) is 0 Å². The van der Waals surface area contributed by atoms with Crippen LogP contribution in [0.5, 0.6) is 0 Å². The van der Waals surface area contributed by atoms with Gasteiger partial charge in [-0.05, 0) is 12.8 Å². The quantitative estimate of drug-likeness (QED) is 0.586. The maximum Gasteiger partial charge on any atom is 0.335 e. The van der Waals surface area contributed by atoms with Crippen molar-refractivity contribution < 1.29 is 9.53 Å². The Balaban J connectivity index is 2.18. The van der Waals surface area contributed by atoms with Crippen LogP contribution in [0, 0.1) is 0 Å². The number of carbonyl (C=O) groups is 1. The summed E-state index contributed by atoms with van der Waals surface area (Å²) < 4.78 is 5.08. The van der Waals surface area contributed by atoms with Crippen molar-refractivity contribution in [3.8, 4) is 0 Å². The van der Waals surface area contributed by atoms with Gasteiger partial charge in [0.15, 0.2) is 10.9 Å². The molecule has 2 unspecified atom stereocenters. The molecule has 0 bridgehead atoms. The summed E-state index contributed by atoms with van der Waals surface area (Å²) >= 11 is 7.42. The second kappa shape index (κ2) is 6.53. The van der Waals surface area contributed by atoms with E-state index in [1.54, 1.807) is 11.8 Å². The molecule has 0 amide bonds. The Labute approximate surface area is 93.9 Å². The fraction of sp³-hybridized carbons (Fsp3) is 0.889. The summed E-state index contributed by atoms with van der Waals surface area (Å²) in [4.78, 5) is 11.4. The standard InChI is InChI=1S/C9H16ClNO2S/c1-2-3-4-7(10)13-9(12)8-11-5-6-14-8/h7-8,11H,2-6H2,1H3. The van der Waals surface area contributed by atoms with E-state index in [2.05, 4.69) is 12.2 Å². The zero-order chi connectivity index (χ0) is 10.4. The molecule has 0 aliphatic carbocycles. The maximum absolute atomic E-state index is 11.4. The first-order chi connectivity index (χ1) is 6.74. The van der Waals surface area contributed by atoms with Gasteiger partial charge in [-0.2, -0.15) is 0 Å². The van der Waals surface area contributed by atoms with Crippen molar-refractivity contribution >= 4 is 29.3 Å². The van der Waals surface area contributed by atoms with Crippen LogP contribution in [0.2, 0.25) is 0 Å². The van der Waals surface area contributed by atoms with E-state index >= 15 is 0 Å². The first kappa shape index (κ1) is 12.1. The molecule has 1 aliphatic rings. The number of unbranched alkanes of at least 4 members (excludes halogenated alkanes) is 1. The molecule has 3 nitrogen and oxygen atoms in total. The SMILES string of the molecule is CCCCC(Cl)OC(=O)C1NCCS1. The summed E-state index contributed by atoms with van der Waals surface area (Å²) in [5.41, 5.74) is -0.467. The molecule has 14 heavy (non-hydrogen) atoms. The first-order valence-corrected chi connectivity index (χ1v) is 6.42. The summed E-state index contributed by atoms with van der Waals surface area (Å²) in [6, 6.07) is 0.